The Balaban J connectivity index is 4.83. The molecule has 0 heterocycles. The first kappa shape index (κ1) is 77.1. The van der Waals surface area contributed by atoms with Crippen molar-refractivity contribution in [3.8, 4) is 0 Å². The normalized spacial score (nSPS) is 14.4. The smallest absolute Gasteiger partial charge is 0.462 e. The highest BCUT2D eigenvalue weighted by Crippen LogP contribution is 2.43. The van der Waals surface area contributed by atoms with Crippen molar-refractivity contribution in [3.05, 3.63) is 158 Å². The molecule has 462 valence electrons. The molecule has 3 unspecified atom stereocenters. The molecule has 11 nitrogen and oxygen atoms in total. The van der Waals surface area contributed by atoms with Gasteiger partial charge in [-0.3, -0.25) is 23.4 Å². The number of aliphatic hydroxyl groups is 1. The maximum atomic E-state index is 13.0. The average molecular weight is 1160 g/mol. The fourth-order valence-corrected chi connectivity index (χ4v) is 8.57. The zero-order valence-corrected chi connectivity index (χ0v) is 52.0. The highest BCUT2D eigenvalue weighted by molar-refractivity contribution is 7.47. The zero-order valence-electron chi connectivity index (χ0n) is 51.1. The molecular formula is C70H111O11P. The number of hydrogen-bond donors (Lipinski definition) is 2. The zero-order chi connectivity index (χ0) is 59.8. The molecule has 0 spiro atoms. The van der Waals surface area contributed by atoms with Gasteiger partial charge in [0.1, 0.15) is 12.7 Å². The van der Waals surface area contributed by atoms with Gasteiger partial charge in [-0.2, -0.15) is 0 Å². The number of rotatable bonds is 56. The van der Waals surface area contributed by atoms with Crippen molar-refractivity contribution in [1.82, 2.24) is 0 Å². The lowest BCUT2D eigenvalue weighted by molar-refractivity contribution is -0.161. The minimum atomic E-state index is -4.79. The molecule has 0 aliphatic rings. The molecule has 0 bridgehead atoms. The first-order valence-electron chi connectivity index (χ1n) is 31.4. The highest BCUT2D eigenvalue weighted by Gasteiger charge is 2.28. The molecule has 82 heavy (non-hydrogen) atoms. The van der Waals surface area contributed by atoms with E-state index in [1.807, 2.05) is 6.08 Å². The molecular weight excluding hydrogens is 1050 g/mol. The van der Waals surface area contributed by atoms with Crippen molar-refractivity contribution in [2.24, 2.45) is 0 Å². The molecule has 0 rings (SSSR count). The number of aliphatic hydroxyl groups excluding tert-OH is 1. The maximum Gasteiger partial charge on any atom is 0.472 e. The van der Waals surface area contributed by atoms with E-state index >= 15 is 0 Å². The van der Waals surface area contributed by atoms with E-state index < -0.39 is 57.8 Å². The van der Waals surface area contributed by atoms with Crippen LogP contribution in [0.3, 0.4) is 0 Å². The van der Waals surface area contributed by atoms with E-state index in [4.69, 9.17) is 23.3 Å². The van der Waals surface area contributed by atoms with E-state index in [2.05, 4.69) is 173 Å². The van der Waals surface area contributed by atoms with Crippen LogP contribution in [0.25, 0.3) is 0 Å². The largest absolute Gasteiger partial charge is 0.472 e. The molecule has 0 aromatic rings. The van der Waals surface area contributed by atoms with Crippen LogP contribution in [0.1, 0.15) is 226 Å². The Morgan fingerprint density at radius 2 is 0.610 bits per heavy atom. The number of hydrogen-bond acceptors (Lipinski definition) is 10. The molecule has 0 aliphatic carbocycles. The first-order chi connectivity index (χ1) is 40.2. The molecule has 0 amide bonds. The highest BCUT2D eigenvalue weighted by atomic mass is 31.2. The Morgan fingerprint density at radius 3 is 0.951 bits per heavy atom. The lowest BCUT2D eigenvalue weighted by atomic mass is 10.1. The summed E-state index contributed by atoms with van der Waals surface area (Å²) in [6.07, 6.45) is 82.0. The van der Waals surface area contributed by atoms with Crippen molar-refractivity contribution in [1.29, 1.82) is 0 Å². The fraction of sp³-hybridized carbons (Fsp3) is 0.586. The maximum absolute atomic E-state index is 13.0. The summed E-state index contributed by atoms with van der Waals surface area (Å²) in [4.78, 5) is 48.7. The van der Waals surface area contributed by atoms with Gasteiger partial charge in [0.15, 0.2) is 6.10 Å². The molecule has 0 radical (unpaired) electrons. The van der Waals surface area contributed by atoms with E-state index in [0.29, 0.717) is 25.7 Å². The van der Waals surface area contributed by atoms with Gasteiger partial charge < -0.3 is 24.2 Å². The number of carbonyl (C=O) groups is 3. The van der Waals surface area contributed by atoms with Gasteiger partial charge in [-0.25, -0.2) is 4.57 Å². The number of phosphoric ester groups is 1. The molecule has 2 N–H and O–H groups in total. The lowest BCUT2D eigenvalue weighted by Gasteiger charge is -2.21. The monoisotopic (exact) mass is 1160 g/mol. The van der Waals surface area contributed by atoms with Crippen LogP contribution < -0.4 is 0 Å². The van der Waals surface area contributed by atoms with Gasteiger partial charge in [0.2, 0.25) is 0 Å². The first-order valence-corrected chi connectivity index (χ1v) is 32.9. The second-order valence-electron chi connectivity index (χ2n) is 20.1. The van der Waals surface area contributed by atoms with Crippen LogP contribution in [0.2, 0.25) is 0 Å². The lowest BCUT2D eigenvalue weighted by Crippen LogP contribution is -2.30. The van der Waals surface area contributed by atoms with Crippen LogP contribution in [0.5, 0.6) is 0 Å². The Hall–Kier alpha value is -4.90. The Bertz CT molecular complexity index is 1980. The van der Waals surface area contributed by atoms with Crippen molar-refractivity contribution in [2.75, 3.05) is 26.4 Å². The Labute approximate surface area is 498 Å². The van der Waals surface area contributed by atoms with Crippen molar-refractivity contribution < 1.29 is 52.2 Å². The molecule has 3 atom stereocenters. The predicted octanol–water partition coefficient (Wildman–Crippen LogP) is 19.3. The Kier molecular flexibility index (Phi) is 58.4. The van der Waals surface area contributed by atoms with Crippen LogP contribution in [-0.4, -0.2) is 66.5 Å². The van der Waals surface area contributed by atoms with E-state index in [-0.39, 0.29) is 25.9 Å². The summed E-state index contributed by atoms with van der Waals surface area (Å²) in [5, 5.41) is 9.86. The van der Waals surface area contributed by atoms with Gasteiger partial charge in [0, 0.05) is 19.3 Å². The van der Waals surface area contributed by atoms with Crippen LogP contribution in [0, 0.1) is 0 Å². The third-order valence-corrected chi connectivity index (χ3v) is 13.4. The summed E-state index contributed by atoms with van der Waals surface area (Å²) in [5.41, 5.74) is 0. The SMILES string of the molecule is CC/C=C\C/C=C\C/C=C\C/C=C\C/C=C\CCCC(=O)OCC(COP(=O)(O)OCC(CO)OC(=O)CCCCCCCC/C=C\C/C=C\C/C=C\C/C=C\CC)OC(=O)CCCCCCCC/C=C\C/C=C\C/C=C\C/C=C\CC. The summed E-state index contributed by atoms with van der Waals surface area (Å²) in [6, 6.07) is 0. The van der Waals surface area contributed by atoms with Gasteiger partial charge >= 0.3 is 25.7 Å². The standard InChI is InChI=1S/C70H111O11P/c1-4-7-10-13-16-19-22-25-28-31-33-36-39-42-45-48-51-54-57-60-69(73)80-66(62-71)64-78-82(75,76)79-65-67(63-77-68(72)59-56-53-50-47-44-41-38-35-30-27-24-21-18-15-12-9-6-3)81-70(74)61-58-55-52-49-46-43-40-37-34-32-29-26-23-20-17-14-11-8-5-2/h7-12,16-21,25-30,33-34,36-38,41,47,50,66-67,71H,4-6,13-15,22-24,31-32,35,39-40,42-46,48-49,51-65H2,1-3H3,(H,75,76)/b10-7-,11-8-,12-9-,19-16-,20-17-,21-18-,28-25-,29-26-,30-27-,36-33-,37-34-,41-38-,50-47-. The number of carbonyl (C=O) groups excluding carboxylic acids is 3. The topological polar surface area (TPSA) is 155 Å². The molecule has 0 saturated carbocycles. The third-order valence-electron chi connectivity index (χ3n) is 12.4. The summed E-state index contributed by atoms with van der Waals surface area (Å²) < 4.78 is 39.6. The van der Waals surface area contributed by atoms with Gasteiger partial charge in [-0.1, -0.05) is 230 Å². The fourth-order valence-electron chi connectivity index (χ4n) is 7.79. The Morgan fingerprint density at radius 1 is 0.341 bits per heavy atom. The van der Waals surface area contributed by atoms with E-state index in [9.17, 15) is 28.9 Å². The number of unbranched alkanes of at least 4 members (excludes halogenated alkanes) is 13. The van der Waals surface area contributed by atoms with Crippen LogP contribution >= 0.6 is 7.82 Å². The minimum Gasteiger partial charge on any atom is -0.462 e. The van der Waals surface area contributed by atoms with Crippen LogP contribution in [-0.2, 0) is 42.2 Å². The second-order valence-corrected chi connectivity index (χ2v) is 21.5. The number of phosphoric acid groups is 1. The van der Waals surface area contributed by atoms with Crippen LogP contribution in [0.4, 0.5) is 0 Å². The van der Waals surface area contributed by atoms with Gasteiger partial charge in [0.25, 0.3) is 0 Å². The molecule has 0 fully saturated rings. The van der Waals surface area contributed by atoms with Gasteiger partial charge in [-0.05, 0) is 135 Å². The summed E-state index contributed by atoms with van der Waals surface area (Å²) in [7, 11) is -4.79. The molecule has 0 aromatic carbocycles. The molecule has 0 aromatic heterocycles. The summed E-state index contributed by atoms with van der Waals surface area (Å²) >= 11 is 0. The molecule has 0 aliphatic heterocycles. The number of allylic oxidation sites excluding steroid dienone is 26. The van der Waals surface area contributed by atoms with Crippen LogP contribution in [0.15, 0.2) is 158 Å². The van der Waals surface area contributed by atoms with Crippen molar-refractivity contribution in [2.45, 2.75) is 238 Å². The molecule has 0 saturated heterocycles. The minimum absolute atomic E-state index is 0.129. The van der Waals surface area contributed by atoms with Gasteiger partial charge in [0.05, 0.1) is 19.8 Å². The second kappa shape index (κ2) is 62.2. The van der Waals surface area contributed by atoms with Gasteiger partial charge in [-0.15, -0.1) is 0 Å². The molecule has 12 heteroatoms. The van der Waals surface area contributed by atoms with E-state index in [1.54, 1.807) is 0 Å². The predicted molar refractivity (Wildman–Crippen MR) is 343 cm³/mol. The number of esters is 3. The quantitative estimate of drug-likeness (QED) is 0.0197. The third kappa shape index (κ3) is 59.7. The van der Waals surface area contributed by atoms with E-state index in [1.165, 1.54) is 0 Å². The van der Waals surface area contributed by atoms with Crippen molar-refractivity contribution in [3.63, 3.8) is 0 Å². The van der Waals surface area contributed by atoms with Crippen molar-refractivity contribution >= 4 is 25.7 Å². The number of ether oxygens (including phenoxy) is 3. The van der Waals surface area contributed by atoms with E-state index in [0.717, 1.165) is 161 Å². The summed E-state index contributed by atoms with van der Waals surface area (Å²) in [5.74, 6) is -1.58. The summed E-state index contributed by atoms with van der Waals surface area (Å²) in [6.45, 7) is 4.20. The average Bonchev–Trinajstić information content (AvgIpc) is 3.47.